The van der Waals surface area contributed by atoms with Crippen molar-refractivity contribution < 1.29 is 9.53 Å². The molecule has 0 spiro atoms. The van der Waals surface area contributed by atoms with Crippen LogP contribution in [-0.4, -0.2) is 13.1 Å². The molecule has 1 radical (unpaired) electrons. The standard InChI is InChI=1S/C7H7O2S/c1-5-3-4-10-6(5)7(8)9-2/h3H,1-2H3. The highest BCUT2D eigenvalue weighted by Crippen LogP contribution is 2.15. The van der Waals surface area contributed by atoms with Gasteiger partial charge in [-0.05, 0) is 18.6 Å². The minimum Gasteiger partial charge on any atom is -0.465 e. The first-order chi connectivity index (χ1) is 4.75. The maximum Gasteiger partial charge on any atom is 0.348 e. The Labute approximate surface area is 63.4 Å². The van der Waals surface area contributed by atoms with Gasteiger partial charge < -0.3 is 4.74 Å². The molecule has 3 heteroatoms. The van der Waals surface area contributed by atoms with E-state index in [1.54, 1.807) is 6.07 Å². The zero-order chi connectivity index (χ0) is 7.56. The van der Waals surface area contributed by atoms with Crippen molar-refractivity contribution >= 4 is 17.3 Å². The Hall–Kier alpha value is -0.830. The molecule has 1 rings (SSSR count). The fourth-order valence-electron chi connectivity index (χ4n) is 0.618. The highest BCUT2D eigenvalue weighted by atomic mass is 32.1. The number of aryl methyl sites for hydroxylation is 1. The summed E-state index contributed by atoms with van der Waals surface area (Å²) in [6.07, 6.45) is 0. The van der Waals surface area contributed by atoms with Crippen molar-refractivity contribution in [1.82, 2.24) is 0 Å². The van der Waals surface area contributed by atoms with Crippen molar-refractivity contribution in [2.75, 3.05) is 7.11 Å². The molecule has 0 aliphatic heterocycles. The molecule has 53 valence electrons. The summed E-state index contributed by atoms with van der Waals surface area (Å²) in [6, 6.07) is 1.77. The molecule has 1 aromatic rings. The number of thiophene rings is 1. The smallest absolute Gasteiger partial charge is 0.348 e. The second-order valence-corrected chi connectivity index (χ2v) is 2.72. The van der Waals surface area contributed by atoms with Gasteiger partial charge in [-0.15, -0.1) is 11.3 Å². The van der Waals surface area contributed by atoms with E-state index < -0.39 is 0 Å². The van der Waals surface area contributed by atoms with Gasteiger partial charge in [-0.2, -0.15) is 0 Å². The first-order valence-corrected chi connectivity index (χ1v) is 3.62. The number of carbonyl (C=O) groups is 1. The van der Waals surface area contributed by atoms with Gasteiger partial charge in [0.2, 0.25) is 0 Å². The van der Waals surface area contributed by atoms with Crippen LogP contribution >= 0.6 is 11.3 Å². The Kier molecular flexibility index (Phi) is 2.06. The van der Waals surface area contributed by atoms with E-state index in [4.69, 9.17) is 0 Å². The van der Waals surface area contributed by atoms with E-state index in [1.165, 1.54) is 18.4 Å². The summed E-state index contributed by atoms with van der Waals surface area (Å²) in [6.45, 7) is 1.86. The number of carbonyl (C=O) groups excluding carboxylic acids is 1. The zero-order valence-corrected chi connectivity index (χ0v) is 6.62. The average molecular weight is 155 g/mol. The third-order valence-electron chi connectivity index (χ3n) is 1.17. The summed E-state index contributed by atoms with van der Waals surface area (Å²) in [5.74, 6) is -0.274. The summed E-state index contributed by atoms with van der Waals surface area (Å²) in [5.41, 5.74) is 0.928. The first kappa shape index (κ1) is 7.28. The van der Waals surface area contributed by atoms with Crippen molar-refractivity contribution in [2.45, 2.75) is 6.92 Å². The number of hydrogen-bond donors (Lipinski definition) is 0. The molecule has 0 unspecified atom stereocenters. The van der Waals surface area contributed by atoms with Crippen LogP contribution in [0.15, 0.2) is 6.07 Å². The van der Waals surface area contributed by atoms with E-state index in [-0.39, 0.29) is 5.97 Å². The highest BCUT2D eigenvalue weighted by Gasteiger charge is 2.08. The lowest BCUT2D eigenvalue weighted by atomic mass is 10.3. The van der Waals surface area contributed by atoms with E-state index >= 15 is 0 Å². The monoisotopic (exact) mass is 155 g/mol. The minimum absolute atomic E-state index is 0.274. The molecule has 1 aromatic heterocycles. The molecular weight excluding hydrogens is 148 g/mol. The van der Waals surface area contributed by atoms with Crippen LogP contribution in [0.3, 0.4) is 0 Å². The summed E-state index contributed by atoms with van der Waals surface area (Å²) in [7, 11) is 1.38. The fraction of sp³-hybridized carbons (Fsp3) is 0.286. The van der Waals surface area contributed by atoms with Crippen molar-refractivity contribution in [1.29, 1.82) is 0 Å². The van der Waals surface area contributed by atoms with Crippen LogP contribution < -0.4 is 0 Å². The van der Waals surface area contributed by atoms with Gasteiger partial charge in [0.1, 0.15) is 4.88 Å². The average Bonchev–Trinajstić information content (AvgIpc) is 2.34. The molecule has 0 saturated heterocycles. The van der Waals surface area contributed by atoms with Crippen molar-refractivity contribution in [2.24, 2.45) is 0 Å². The number of ether oxygens (including phenoxy) is 1. The molecule has 0 saturated carbocycles. The molecule has 0 aliphatic rings. The second kappa shape index (κ2) is 2.84. The van der Waals surface area contributed by atoms with Crippen molar-refractivity contribution in [3.05, 3.63) is 21.9 Å². The van der Waals surface area contributed by atoms with Crippen LogP contribution in [0.1, 0.15) is 15.2 Å². The largest absolute Gasteiger partial charge is 0.465 e. The summed E-state index contributed by atoms with van der Waals surface area (Å²) < 4.78 is 4.53. The first-order valence-electron chi connectivity index (χ1n) is 2.80. The Morgan fingerprint density at radius 2 is 2.50 bits per heavy atom. The molecule has 0 amide bonds. The van der Waals surface area contributed by atoms with Crippen LogP contribution in [0.5, 0.6) is 0 Å². The van der Waals surface area contributed by atoms with Gasteiger partial charge in [0.05, 0.1) is 7.11 Å². The van der Waals surface area contributed by atoms with Gasteiger partial charge >= 0.3 is 5.97 Å². The number of esters is 1. The van der Waals surface area contributed by atoms with Gasteiger partial charge in [-0.3, -0.25) is 0 Å². The predicted molar refractivity (Wildman–Crippen MR) is 39.2 cm³/mol. The lowest BCUT2D eigenvalue weighted by molar-refractivity contribution is 0.0605. The van der Waals surface area contributed by atoms with Crippen LogP contribution in [0.25, 0.3) is 0 Å². The van der Waals surface area contributed by atoms with Crippen LogP contribution in [-0.2, 0) is 4.74 Å². The lowest BCUT2D eigenvalue weighted by Gasteiger charge is -1.94. The van der Waals surface area contributed by atoms with Crippen molar-refractivity contribution in [3.63, 3.8) is 0 Å². The van der Waals surface area contributed by atoms with Gasteiger partial charge in [-0.1, -0.05) is 0 Å². The maximum absolute atomic E-state index is 10.9. The molecule has 0 aliphatic carbocycles. The fourth-order valence-corrected chi connectivity index (χ4v) is 1.36. The summed E-state index contributed by atoms with van der Waals surface area (Å²) in [5, 5.41) is 2.85. The van der Waals surface area contributed by atoms with Crippen molar-refractivity contribution in [3.8, 4) is 0 Å². The number of rotatable bonds is 1. The maximum atomic E-state index is 10.9. The topological polar surface area (TPSA) is 26.3 Å². The number of methoxy groups -OCH3 is 1. The van der Waals surface area contributed by atoms with Gasteiger partial charge in [0, 0.05) is 5.38 Å². The lowest BCUT2D eigenvalue weighted by Crippen LogP contribution is -1.99. The molecule has 10 heavy (non-hydrogen) atoms. The van der Waals surface area contributed by atoms with E-state index in [2.05, 4.69) is 10.1 Å². The van der Waals surface area contributed by atoms with Gasteiger partial charge in [-0.25, -0.2) is 4.79 Å². The third-order valence-corrected chi connectivity index (χ3v) is 2.09. The van der Waals surface area contributed by atoms with Gasteiger partial charge in [0.15, 0.2) is 0 Å². The molecule has 0 aromatic carbocycles. The van der Waals surface area contributed by atoms with E-state index in [0.717, 1.165) is 5.56 Å². The molecule has 1 heterocycles. The highest BCUT2D eigenvalue weighted by molar-refractivity contribution is 7.11. The van der Waals surface area contributed by atoms with E-state index in [9.17, 15) is 4.79 Å². The summed E-state index contributed by atoms with van der Waals surface area (Å²) in [4.78, 5) is 11.5. The molecule has 0 N–H and O–H groups in total. The minimum atomic E-state index is -0.274. The van der Waals surface area contributed by atoms with Gasteiger partial charge in [0.25, 0.3) is 0 Å². The Morgan fingerprint density at radius 1 is 1.80 bits per heavy atom. The summed E-state index contributed by atoms with van der Waals surface area (Å²) >= 11 is 1.28. The molecule has 0 fully saturated rings. The Morgan fingerprint density at radius 3 is 2.90 bits per heavy atom. The second-order valence-electron chi connectivity index (χ2n) is 1.87. The SMILES string of the molecule is COC(=O)c1s[c]cc1C. The zero-order valence-electron chi connectivity index (χ0n) is 5.80. The molecule has 0 atom stereocenters. The number of hydrogen-bond acceptors (Lipinski definition) is 3. The quantitative estimate of drug-likeness (QED) is 0.576. The predicted octanol–water partition coefficient (Wildman–Crippen LogP) is 1.64. The molecular formula is C7H7O2S. The Bertz CT molecular complexity index is 240. The third kappa shape index (κ3) is 1.19. The normalized spacial score (nSPS) is 9.40. The van der Waals surface area contributed by atoms with Crippen LogP contribution in [0, 0.1) is 12.3 Å². The Balaban J connectivity index is 2.93. The van der Waals surface area contributed by atoms with Crippen LogP contribution in [0.4, 0.5) is 0 Å². The van der Waals surface area contributed by atoms with Crippen LogP contribution in [0.2, 0.25) is 0 Å². The molecule has 2 nitrogen and oxygen atoms in total. The molecule has 0 bridgehead atoms. The van der Waals surface area contributed by atoms with E-state index in [0.29, 0.717) is 4.88 Å². The van der Waals surface area contributed by atoms with E-state index in [1.807, 2.05) is 6.92 Å².